The molecule has 0 radical (unpaired) electrons. The van der Waals surface area contributed by atoms with Crippen molar-refractivity contribution < 1.29 is 9.32 Å². The molecule has 140 valence electrons. The highest BCUT2D eigenvalue weighted by Gasteiger charge is 2.24. The van der Waals surface area contributed by atoms with E-state index < -0.39 is 0 Å². The Balaban J connectivity index is 1.80. The molecule has 6 heteroatoms. The van der Waals surface area contributed by atoms with Gasteiger partial charge in [-0.3, -0.25) is 9.48 Å². The van der Waals surface area contributed by atoms with Crippen molar-refractivity contribution in [1.82, 2.24) is 19.8 Å². The maximum absolute atomic E-state index is 12.4. The first kappa shape index (κ1) is 18.4. The Morgan fingerprint density at radius 2 is 2.15 bits per heavy atom. The van der Waals surface area contributed by atoms with Gasteiger partial charge in [0.05, 0.1) is 17.9 Å². The zero-order valence-corrected chi connectivity index (χ0v) is 15.8. The minimum absolute atomic E-state index is 0.113. The van der Waals surface area contributed by atoms with Crippen molar-refractivity contribution in [3.8, 4) is 0 Å². The van der Waals surface area contributed by atoms with Crippen LogP contribution in [-0.2, 0) is 31.4 Å². The average Bonchev–Trinajstić information content (AvgIpc) is 3.27. The highest BCUT2D eigenvalue weighted by Crippen LogP contribution is 2.34. The number of carbonyl (C=O) groups excluding carboxylic acids is 1. The first-order valence-electron chi connectivity index (χ1n) is 9.49. The van der Waals surface area contributed by atoms with Crippen LogP contribution in [0.5, 0.6) is 0 Å². The highest BCUT2D eigenvalue weighted by molar-refractivity contribution is 5.86. The third-order valence-electron chi connectivity index (χ3n) is 5.09. The first-order chi connectivity index (χ1) is 12.6. The summed E-state index contributed by atoms with van der Waals surface area (Å²) >= 11 is 0. The minimum atomic E-state index is -0.113. The van der Waals surface area contributed by atoms with Gasteiger partial charge in [0.1, 0.15) is 0 Å². The van der Waals surface area contributed by atoms with Crippen LogP contribution >= 0.6 is 0 Å². The Morgan fingerprint density at radius 3 is 2.81 bits per heavy atom. The standard InChI is InChI=1S/C20H28N4O2/c1-4-17-11-18(26-22-17)14-24(19(25)5-2)13-16-12-23(3)21-20(16)15-9-7-6-8-10-15/h5,11-12,15H,2,4,6-10,13-14H2,1,3H3. The molecule has 0 N–H and O–H groups in total. The second-order valence-corrected chi connectivity index (χ2v) is 7.08. The van der Waals surface area contributed by atoms with E-state index in [0.29, 0.717) is 24.8 Å². The Morgan fingerprint density at radius 1 is 1.38 bits per heavy atom. The van der Waals surface area contributed by atoms with Crippen LogP contribution in [-0.4, -0.2) is 25.7 Å². The fraction of sp³-hybridized carbons (Fsp3) is 0.550. The molecule has 2 heterocycles. The molecule has 2 aromatic rings. The molecular weight excluding hydrogens is 328 g/mol. The molecule has 0 spiro atoms. The summed E-state index contributed by atoms with van der Waals surface area (Å²) in [6.07, 6.45) is 10.4. The summed E-state index contributed by atoms with van der Waals surface area (Å²) in [5.41, 5.74) is 3.15. The Labute approximate surface area is 154 Å². The lowest BCUT2D eigenvalue weighted by molar-refractivity contribution is -0.127. The van der Waals surface area contributed by atoms with E-state index in [1.807, 2.05) is 30.9 Å². The predicted octanol–water partition coefficient (Wildman–Crippen LogP) is 3.73. The van der Waals surface area contributed by atoms with Gasteiger partial charge in [0.15, 0.2) is 5.76 Å². The van der Waals surface area contributed by atoms with Crippen LogP contribution in [0.3, 0.4) is 0 Å². The summed E-state index contributed by atoms with van der Waals surface area (Å²) in [5, 5.41) is 8.73. The molecule has 26 heavy (non-hydrogen) atoms. The normalized spacial score (nSPS) is 15.2. The maximum Gasteiger partial charge on any atom is 0.246 e. The van der Waals surface area contributed by atoms with Crippen LogP contribution in [0.4, 0.5) is 0 Å². The second kappa shape index (κ2) is 8.34. The lowest BCUT2D eigenvalue weighted by Gasteiger charge is -2.23. The molecular formula is C20H28N4O2. The van der Waals surface area contributed by atoms with Crippen LogP contribution in [0.15, 0.2) is 29.4 Å². The van der Waals surface area contributed by atoms with Crippen molar-refractivity contribution in [3.05, 3.63) is 47.6 Å². The summed E-state index contributed by atoms with van der Waals surface area (Å²) < 4.78 is 7.23. The first-order valence-corrected chi connectivity index (χ1v) is 9.49. The molecule has 0 aromatic carbocycles. The molecule has 1 aliphatic carbocycles. The van der Waals surface area contributed by atoms with Crippen LogP contribution < -0.4 is 0 Å². The minimum Gasteiger partial charge on any atom is -0.359 e. The van der Waals surface area contributed by atoms with Crippen molar-refractivity contribution in [1.29, 1.82) is 0 Å². The summed E-state index contributed by atoms with van der Waals surface area (Å²) in [7, 11) is 1.94. The molecule has 3 rings (SSSR count). The van der Waals surface area contributed by atoms with Gasteiger partial charge in [-0.05, 0) is 25.3 Å². The third kappa shape index (κ3) is 4.23. The number of aromatic nitrogens is 3. The van der Waals surface area contributed by atoms with Gasteiger partial charge < -0.3 is 9.42 Å². The van der Waals surface area contributed by atoms with E-state index in [4.69, 9.17) is 9.62 Å². The van der Waals surface area contributed by atoms with E-state index in [0.717, 1.165) is 23.4 Å². The number of amides is 1. The van der Waals surface area contributed by atoms with E-state index in [-0.39, 0.29) is 5.91 Å². The van der Waals surface area contributed by atoms with Crippen molar-refractivity contribution in [2.45, 2.75) is 64.5 Å². The number of nitrogens with zero attached hydrogens (tertiary/aromatic N) is 4. The zero-order valence-electron chi connectivity index (χ0n) is 15.8. The number of aryl methyl sites for hydroxylation is 2. The molecule has 6 nitrogen and oxygen atoms in total. The molecule has 0 atom stereocenters. The quantitative estimate of drug-likeness (QED) is 0.709. The van der Waals surface area contributed by atoms with Crippen LogP contribution in [0.25, 0.3) is 0 Å². The fourth-order valence-electron chi connectivity index (χ4n) is 3.73. The van der Waals surface area contributed by atoms with E-state index >= 15 is 0 Å². The zero-order chi connectivity index (χ0) is 18.5. The van der Waals surface area contributed by atoms with Gasteiger partial charge in [-0.25, -0.2) is 0 Å². The molecule has 0 bridgehead atoms. The number of hydrogen-bond donors (Lipinski definition) is 0. The summed E-state index contributed by atoms with van der Waals surface area (Å²) in [5.74, 6) is 1.08. The Bertz CT molecular complexity index is 756. The van der Waals surface area contributed by atoms with Gasteiger partial charge >= 0.3 is 0 Å². The van der Waals surface area contributed by atoms with Crippen molar-refractivity contribution >= 4 is 5.91 Å². The monoisotopic (exact) mass is 356 g/mol. The average molecular weight is 356 g/mol. The topological polar surface area (TPSA) is 64.2 Å². The lowest BCUT2D eigenvalue weighted by Crippen LogP contribution is -2.28. The van der Waals surface area contributed by atoms with Gasteiger partial charge in [-0.15, -0.1) is 0 Å². The summed E-state index contributed by atoms with van der Waals surface area (Å²) in [6, 6.07) is 1.91. The van der Waals surface area contributed by atoms with Crippen LogP contribution in [0, 0.1) is 0 Å². The number of rotatable bonds is 7. The van der Waals surface area contributed by atoms with Gasteiger partial charge in [-0.1, -0.05) is 37.9 Å². The van der Waals surface area contributed by atoms with Gasteiger partial charge in [0.25, 0.3) is 0 Å². The van der Waals surface area contributed by atoms with Crippen molar-refractivity contribution in [2.75, 3.05) is 0 Å². The van der Waals surface area contributed by atoms with Gasteiger partial charge in [0.2, 0.25) is 5.91 Å². The predicted molar refractivity (Wildman–Crippen MR) is 99.4 cm³/mol. The maximum atomic E-state index is 12.4. The molecule has 0 aliphatic heterocycles. The van der Waals surface area contributed by atoms with Crippen molar-refractivity contribution in [3.63, 3.8) is 0 Å². The Hall–Kier alpha value is -2.37. The summed E-state index contributed by atoms with van der Waals surface area (Å²) in [6.45, 7) is 6.57. The SMILES string of the molecule is C=CC(=O)N(Cc1cc(CC)no1)Cc1cn(C)nc1C1CCCCC1. The smallest absolute Gasteiger partial charge is 0.246 e. The van der Waals surface area contributed by atoms with Crippen LogP contribution in [0.2, 0.25) is 0 Å². The van der Waals surface area contributed by atoms with Crippen LogP contribution in [0.1, 0.15) is 67.7 Å². The highest BCUT2D eigenvalue weighted by atomic mass is 16.5. The molecule has 1 saturated carbocycles. The fourth-order valence-corrected chi connectivity index (χ4v) is 3.73. The van der Waals surface area contributed by atoms with Gasteiger partial charge in [0, 0.05) is 37.3 Å². The van der Waals surface area contributed by atoms with E-state index in [1.165, 1.54) is 38.2 Å². The second-order valence-electron chi connectivity index (χ2n) is 7.08. The Kier molecular flexibility index (Phi) is 5.91. The number of hydrogen-bond acceptors (Lipinski definition) is 4. The third-order valence-corrected chi connectivity index (χ3v) is 5.09. The largest absolute Gasteiger partial charge is 0.359 e. The van der Waals surface area contributed by atoms with E-state index in [9.17, 15) is 4.79 Å². The van der Waals surface area contributed by atoms with E-state index in [1.54, 1.807) is 4.90 Å². The number of carbonyl (C=O) groups is 1. The molecule has 0 unspecified atom stereocenters. The van der Waals surface area contributed by atoms with Crippen molar-refractivity contribution in [2.24, 2.45) is 7.05 Å². The molecule has 0 saturated heterocycles. The molecule has 2 aromatic heterocycles. The summed E-state index contributed by atoms with van der Waals surface area (Å²) in [4.78, 5) is 14.2. The molecule has 1 amide bonds. The van der Waals surface area contributed by atoms with Gasteiger partial charge in [-0.2, -0.15) is 5.10 Å². The lowest BCUT2D eigenvalue weighted by atomic mass is 9.85. The van der Waals surface area contributed by atoms with E-state index in [2.05, 4.69) is 11.7 Å². The molecule has 1 fully saturated rings. The molecule has 1 aliphatic rings.